The van der Waals surface area contributed by atoms with Crippen LogP contribution in [-0.4, -0.2) is 51.5 Å². The average Bonchev–Trinajstić information content (AvgIpc) is 3.33. The molecule has 0 aliphatic carbocycles. The van der Waals surface area contributed by atoms with E-state index in [0.29, 0.717) is 34.0 Å². The molecule has 0 saturated carbocycles. The van der Waals surface area contributed by atoms with Gasteiger partial charge in [-0.25, -0.2) is 26.8 Å². The number of phosphoric ester groups is 1. The predicted octanol–water partition coefficient (Wildman–Crippen LogP) is 3.55. The van der Waals surface area contributed by atoms with E-state index < -0.39 is 37.2 Å². The highest BCUT2D eigenvalue weighted by Gasteiger charge is 2.40. The zero-order valence-electron chi connectivity index (χ0n) is 22.6. The summed E-state index contributed by atoms with van der Waals surface area (Å²) in [5.41, 5.74) is 2.59. The number of benzene rings is 2. The number of amides is 1. The fourth-order valence-electron chi connectivity index (χ4n) is 4.81. The second kappa shape index (κ2) is 11.3. The van der Waals surface area contributed by atoms with Crippen molar-refractivity contribution in [3.63, 3.8) is 0 Å². The number of ether oxygens (including phenoxy) is 3. The Labute approximate surface area is 237 Å². The SMILES string of the molecule is COc1cc(C(C)=C2OCC(=O)N3C(c4cc(F)c(F)c(F)c4)=COC[C@H]23)ccc1-[n+]1cc(C)n(COP(=O)(O)O)c1. The number of rotatable bonds is 7. The fraction of sp³-hybridized carbons (Fsp3) is 0.259. The van der Waals surface area contributed by atoms with E-state index in [1.807, 2.05) is 0 Å². The minimum Gasteiger partial charge on any atom is -0.496 e. The van der Waals surface area contributed by atoms with Crippen LogP contribution in [0.1, 0.15) is 23.7 Å². The van der Waals surface area contributed by atoms with Gasteiger partial charge in [0.15, 0.2) is 35.5 Å². The van der Waals surface area contributed by atoms with Crippen LogP contribution in [0.5, 0.6) is 5.75 Å². The Bertz CT molecular complexity index is 1660. The molecule has 2 aliphatic rings. The van der Waals surface area contributed by atoms with E-state index in [-0.39, 0.29) is 31.2 Å². The quantitative estimate of drug-likeness (QED) is 0.237. The summed E-state index contributed by atoms with van der Waals surface area (Å²) in [6.45, 7) is 2.81. The van der Waals surface area contributed by atoms with Crippen LogP contribution in [-0.2, 0) is 30.1 Å². The summed E-state index contributed by atoms with van der Waals surface area (Å²) in [6, 6.07) is 6.13. The highest BCUT2D eigenvalue weighted by molar-refractivity contribution is 7.46. The van der Waals surface area contributed by atoms with Crippen molar-refractivity contribution in [2.75, 3.05) is 20.3 Å². The third kappa shape index (κ3) is 5.66. The van der Waals surface area contributed by atoms with Gasteiger partial charge in [-0.1, -0.05) is 6.07 Å². The number of aryl methyl sites for hydroxylation is 1. The molecule has 1 aromatic heterocycles. The summed E-state index contributed by atoms with van der Waals surface area (Å²) in [7, 11) is -3.18. The Morgan fingerprint density at radius 3 is 2.57 bits per heavy atom. The van der Waals surface area contributed by atoms with Crippen molar-refractivity contribution in [3.05, 3.63) is 89.1 Å². The summed E-state index contributed by atoms with van der Waals surface area (Å²) in [5.74, 6) is -4.04. The molecule has 1 atom stereocenters. The van der Waals surface area contributed by atoms with Crippen LogP contribution in [0.25, 0.3) is 17.0 Å². The van der Waals surface area contributed by atoms with E-state index in [4.69, 9.17) is 24.0 Å². The van der Waals surface area contributed by atoms with Gasteiger partial charge in [0.2, 0.25) is 6.73 Å². The second-order valence-corrected chi connectivity index (χ2v) is 10.8. The van der Waals surface area contributed by atoms with Crippen molar-refractivity contribution in [3.8, 4) is 11.4 Å². The van der Waals surface area contributed by atoms with Gasteiger partial charge in [0, 0.05) is 12.5 Å². The first kappa shape index (κ1) is 29.4. The van der Waals surface area contributed by atoms with Gasteiger partial charge in [0.05, 0.1) is 12.8 Å². The minimum atomic E-state index is -4.66. The number of methoxy groups -OCH3 is 1. The zero-order chi connectivity index (χ0) is 30.3. The number of nitrogens with zero attached hydrogens (tertiary/aromatic N) is 3. The lowest BCUT2D eigenvalue weighted by Crippen LogP contribution is -2.51. The van der Waals surface area contributed by atoms with E-state index in [2.05, 4.69) is 4.52 Å². The van der Waals surface area contributed by atoms with Crippen LogP contribution in [0, 0.1) is 24.4 Å². The van der Waals surface area contributed by atoms with Crippen LogP contribution in [0.3, 0.4) is 0 Å². The molecule has 2 aromatic carbocycles. The van der Waals surface area contributed by atoms with Gasteiger partial charge < -0.3 is 24.0 Å². The molecule has 1 saturated heterocycles. The molecule has 0 bridgehead atoms. The Balaban J connectivity index is 1.48. The van der Waals surface area contributed by atoms with Gasteiger partial charge in [-0.15, -0.1) is 0 Å². The molecule has 5 rings (SSSR count). The lowest BCUT2D eigenvalue weighted by Gasteiger charge is -2.41. The molecule has 1 fully saturated rings. The first-order valence-electron chi connectivity index (χ1n) is 12.5. The van der Waals surface area contributed by atoms with Crippen LogP contribution < -0.4 is 9.30 Å². The molecule has 222 valence electrons. The maximum absolute atomic E-state index is 14.0. The van der Waals surface area contributed by atoms with Crippen molar-refractivity contribution in [2.45, 2.75) is 26.6 Å². The number of imidazole rings is 1. The summed E-state index contributed by atoms with van der Waals surface area (Å²) < 4.78 is 77.5. The third-order valence-electron chi connectivity index (χ3n) is 6.89. The highest BCUT2D eigenvalue weighted by atomic mass is 31.2. The number of carbonyl (C=O) groups is 1. The van der Waals surface area contributed by atoms with Gasteiger partial charge in [-0.3, -0.25) is 9.69 Å². The van der Waals surface area contributed by atoms with Crippen LogP contribution in [0.15, 0.2) is 54.9 Å². The van der Waals surface area contributed by atoms with Crippen LogP contribution >= 0.6 is 7.82 Å². The summed E-state index contributed by atoms with van der Waals surface area (Å²) >= 11 is 0. The van der Waals surface area contributed by atoms with Crippen LogP contribution in [0.2, 0.25) is 0 Å². The normalized spacial score (nSPS) is 18.2. The molecule has 0 radical (unpaired) electrons. The molecule has 15 heteroatoms. The van der Waals surface area contributed by atoms with Crippen molar-refractivity contribution in [1.82, 2.24) is 9.47 Å². The van der Waals surface area contributed by atoms with Crippen molar-refractivity contribution < 1.29 is 55.6 Å². The topological polar surface area (TPSA) is 124 Å². The van der Waals surface area contributed by atoms with Crippen molar-refractivity contribution in [2.24, 2.45) is 0 Å². The van der Waals surface area contributed by atoms with E-state index >= 15 is 0 Å². The van der Waals surface area contributed by atoms with Gasteiger partial charge in [-0.05, 0) is 42.3 Å². The first-order valence-corrected chi connectivity index (χ1v) is 14.0. The Morgan fingerprint density at radius 2 is 1.90 bits per heavy atom. The standard InChI is InChI=1S/C27H25F3N3O8P/c1-15-9-31(13-32(15)14-41-42(35,36)37)21-5-4-17(8-24(21)38-3)16(2)27-23-11-39-10-22(33(23)25(34)12-40-27)18-6-19(28)26(30)20(29)7-18/h4-10,13,23H,11-12,14H2,1-3H3,(H-,35,36,37)/p+1/t23-/m1/s1. The number of halogens is 3. The van der Waals surface area contributed by atoms with Gasteiger partial charge in [0.1, 0.15) is 36.6 Å². The second-order valence-electron chi connectivity index (χ2n) is 9.55. The summed E-state index contributed by atoms with van der Waals surface area (Å²) in [4.78, 5) is 32.3. The summed E-state index contributed by atoms with van der Waals surface area (Å²) in [6.07, 6.45) is 4.52. The predicted molar refractivity (Wildman–Crippen MR) is 140 cm³/mol. The highest BCUT2D eigenvalue weighted by Crippen LogP contribution is 2.38. The Hall–Kier alpha value is -4.10. The molecule has 42 heavy (non-hydrogen) atoms. The van der Waals surface area contributed by atoms with Crippen LogP contribution in [0.4, 0.5) is 13.2 Å². The number of carbonyl (C=O) groups excluding carboxylic acids is 1. The largest absolute Gasteiger partial charge is 0.496 e. The maximum atomic E-state index is 14.0. The van der Waals surface area contributed by atoms with Crippen molar-refractivity contribution in [1.29, 1.82) is 0 Å². The summed E-state index contributed by atoms with van der Waals surface area (Å²) in [5, 5.41) is 0. The number of aromatic nitrogens is 2. The number of fused-ring (bicyclic) bond motifs is 1. The molecule has 2 N–H and O–H groups in total. The molecular formula is C27H26F3N3O8P+. The molecular weight excluding hydrogens is 582 g/mol. The van der Waals surface area contributed by atoms with Gasteiger partial charge >= 0.3 is 7.82 Å². The molecule has 3 heterocycles. The van der Waals surface area contributed by atoms with E-state index in [1.54, 1.807) is 49.1 Å². The lowest BCUT2D eigenvalue weighted by atomic mass is 9.98. The number of phosphoric acid groups is 1. The zero-order valence-corrected chi connectivity index (χ0v) is 23.5. The first-order chi connectivity index (χ1) is 19.9. The lowest BCUT2D eigenvalue weighted by molar-refractivity contribution is -0.596. The molecule has 3 aromatic rings. The number of morpholine rings is 1. The van der Waals surface area contributed by atoms with E-state index in [0.717, 1.165) is 12.1 Å². The average molecular weight is 608 g/mol. The van der Waals surface area contributed by atoms with Gasteiger partial charge in [0.25, 0.3) is 12.2 Å². The fourth-order valence-corrected chi connectivity index (χ4v) is 5.09. The smallest absolute Gasteiger partial charge is 0.472 e. The van der Waals surface area contributed by atoms with Crippen molar-refractivity contribution >= 4 is 25.0 Å². The third-order valence-corrected chi connectivity index (χ3v) is 7.34. The molecule has 11 nitrogen and oxygen atoms in total. The molecule has 0 unspecified atom stereocenters. The number of allylic oxidation sites excluding steroid dienone is 1. The van der Waals surface area contributed by atoms with E-state index in [9.17, 15) is 22.5 Å². The van der Waals surface area contributed by atoms with E-state index in [1.165, 1.54) is 22.8 Å². The Morgan fingerprint density at radius 1 is 1.19 bits per heavy atom. The number of hydrogen-bond donors (Lipinski definition) is 2. The molecule has 0 spiro atoms. The monoisotopic (exact) mass is 608 g/mol. The van der Waals surface area contributed by atoms with Gasteiger partial charge in [-0.2, -0.15) is 4.57 Å². The molecule has 1 amide bonds. The minimum absolute atomic E-state index is 0.00260. The maximum Gasteiger partial charge on any atom is 0.472 e. The number of hydrogen-bond acceptors (Lipinski definition) is 6. The Kier molecular flexibility index (Phi) is 7.90. The molecule has 2 aliphatic heterocycles.